The summed E-state index contributed by atoms with van der Waals surface area (Å²) in [6, 6.07) is 0. The van der Waals surface area contributed by atoms with E-state index in [1.54, 1.807) is 13.1 Å². The second-order valence-corrected chi connectivity index (χ2v) is 11.5. The Morgan fingerprint density at radius 3 is 1.52 bits per heavy atom. The van der Waals surface area contributed by atoms with E-state index in [1.807, 2.05) is 20.8 Å². The summed E-state index contributed by atoms with van der Waals surface area (Å²) in [5.74, 6) is -2.16. The van der Waals surface area contributed by atoms with Crippen molar-refractivity contribution in [1.29, 1.82) is 0 Å². The van der Waals surface area contributed by atoms with Crippen molar-refractivity contribution in [3.8, 4) is 0 Å². The standard InChI is InChI=1S/C12H22F6O2Si/c1-8(7-20-21(5,6)9(2,3)4)10(19,11(13,14)15)12(16,17)18/h8,19H,7H2,1-6H3/t8-/m1/s1. The van der Waals surface area contributed by atoms with E-state index in [0.717, 1.165) is 0 Å². The molecule has 0 aliphatic heterocycles. The summed E-state index contributed by atoms with van der Waals surface area (Å²) in [5, 5.41) is 8.88. The molecule has 0 fully saturated rings. The first-order chi connectivity index (χ1) is 8.88. The van der Waals surface area contributed by atoms with Crippen molar-refractivity contribution < 1.29 is 35.9 Å². The third kappa shape index (κ3) is 4.13. The van der Waals surface area contributed by atoms with E-state index >= 15 is 0 Å². The van der Waals surface area contributed by atoms with Crippen molar-refractivity contribution in [2.75, 3.05) is 6.61 Å². The van der Waals surface area contributed by atoms with Crippen LogP contribution in [-0.2, 0) is 4.43 Å². The summed E-state index contributed by atoms with van der Waals surface area (Å²) in [6.45, 7) is 8.72. The Morgan fingerprint density at radius 2 is 1.29 bits per heavy atom. The van der Waals surface area contributed by atoms with Crippen molar-refractivity contribution >= 4 is 8.32 Å². The summed E-state index contributed by atoms with van der Waals surface area (Å²) in [7, 11) is -2.51. The fourth-order valence-electron chi connectivity index (χ4n) is 1.39. The van der Waals surface area contributed by atoms with Gasteiger partial charge >= 0.3 is 12.4 Å². The van der Waals surface area contributed by atoms with E-state index in [9.17, 15) is 31.4 Å². The molecule has 0 amide bonds. The van der Waals surface area contributed by atoms with Gasteiger partial charge in [-0.2, -0.15) is 26.3 Å². The number of hydrogen-bond donors (Lipinski definition) is 1. The summed E-state index contributed by atoms with van der Waals surface area (Å²) in [6.07, 6.45) is -11.6. The molecule has 0 rings (SSSR count). The highest BCUT2D eigenvalue weighted by Gasteiger charge is 2.72. The normalized spacial score (nSPS) is 17.0. The zero-order valence-corrected chi connectivity index (χ0v) is 13.9. The van der Waals surface area contributed by atoms with Crippen LogP contribution < -0.4 is 0 Å². The molecule has 0 spiro atoms. The Balaban J connectivity index is 5.27. The molecule has 0 aromatic rings. The van der Waals surface area contributed by atoms with Crippen molar-refractivity contribution in [3.05, 3.63) is 0 Å². The van der Waals surface area contributed by atoms with Crippen LogP contribution in [0.2, 0.25) is 18.1 Å². The number of aliphatic hydroxyl groups is 1. The minimum Gasteiger partial charge on any atom is -0.416 e. The fourth-order valence-corrected chi connectivity index (χ4v) is 2.49. The van der Waals surface area contributed by atoms with E-state index < -0.39 is 38.8 Å². The molecule has 0 saturated carbocycles. The van der Waals surface area contributed by atoms with Crippen molar-refractivity contribution in [2.45, 2.75) is 63.8 Å². The Labute approximate surface area is 121 Å². The lowest BCUT2D eigenvalue weighted by Crippen LogP contribution is -2.62. The zero-order chi connectivity index (χ0) is 17.5. The first-order valence-electron chi connectivity index (χ1n) is 6.37. The molecule has 0 bridgehead atoms. The average Bonchev–Trinajstić information content (AvgIpc) is 2.19. The quantitative estimate of drug-likeness (QED) is 0.603. The molecule has 0 saturated heterocycles. The second kappa shape index (κ2) is 5.73. The molecule has 0 radical (unpaired) electrons. The Hall–Kier alpha value is -0.283. The number of alkyl halides is 6. The van der Waals surface area contributed by atoms with Crippen LogP contribution in [0, 0.1) is 5.92 Å². The first kappa shape index (κ1) is 20.7. The van der Waals surface area contributed by atoms with Gasteiger partial charge in [-0.15, -0.1) is 0 Å². The maximum Gasteiger partial charge on any atom is 0.426 e. The smallest absolute Gasteiger partial charge is 0.416 e. The van der Waals surface area contributed by atoms with Gasteiger partial charge in [-0.05, 0) is 18.1 Å². The zero-order valence-electron chi connectivity index (χ0n) is 12.9. The highest BCUT2D eigenvalue weighted by molar-refractivity contribution is 6.74. The molecular weight excluding hydrogens is 318 g/mol. The molecule has 0 aliphatic carbocycles. The minimum absolute atomic E-state index is 0.360. The third-order valence-electron chi connectivity index (χ3n) is 4.08. The first-order valence-corrected chi connectivity index (χ1v) is 9.28. The van der Waals surface area contributed by atoms with Crippen LogP contribution in [0.1, 0.15) is 27.7 Å². The predicted molar refractivity (Wildman–Crippen MR) is 69.4 cm³/mol. The lowest BCUT2D eigenvalue weighted by atomic mass is 9.88. The lowest BCUT2D eigenvalue weighted by molar-refractivity contribution is -0.384. The molecule has 0 unspecified atom stereocenters. The molecule has 0 heterocycles. The van der Waals surface area contributed by atoms with Gasteiger partial charge in [0, 0.05) is 12.5 Å². The van der Waals surface area contributed by atoms with Crippen LogP contribution in [0.25, 0.3) is 0 Å². The highest BCUT2D eigenvalue weighted by Crippen LogP contribution is 2.48. The second-order valence-electron chi connectivity index (χ2n) is 6.73. The van der Waals surface area contributed by atoms with Crippen molar-refractivity contribution in [2.24, 2.45) is 5.92 Å². The molecule has 128 valence electrons. The molecule has 21 heavy (non-hydrogen) atoms. The molecule has 2 nitrogen and oxygen atoms in total. The van der Waals surface area contributed by atoms with Crippen LogP contribution >= 0.6 is 0 Å². The highest BCUT2D eigenvalue weighted by atomic mass is 28.4. The van der Waals surface area contributed by atoms with Gasteiger partial charge in [-0.3, -0.25) is 0 Å². The lowest BCUT2D eigenvalue weighted by Gasteiger charge is -2.41. The number of rotatable bonds is 4. The molecular formula is C12H22F6O2Si. The largest absolute Gasteiger partial charge is 0.426 e. The molecule has 0 aliphatic rings. The van der Waals surface area contributed by atoms with Gasteiger partial charge in [-0.1, -0.05) is 27.7 Å². The van der Waals surface area contributed by atoms with Gasteiger partial charge in [0.25, 0.3) is 5.60 Å². The monoisotopic (exact) mass is 340 g/mol. The maximum absolute atomic E-state index is 12.7. The summed E-state index contributed by atoms with van der Waals surface area (Å²) in [4.78, 5) is 0. The minimum atomic E-state index is -5.82. The molecule has 1 atom stereocenters. The van der Waals surface area contributed by atoms with Crippen LogP contribution in [0.15, 0.2) is 0 Å². The molecule has 9 heteroatoms. The van der Waals surface area contributed by atoms with Crippen LogP contribution in [0.4, 0.5) is 26.3 Å². The molecule has 1 N–H and O–H groups in total. The number of hydrogen-bond acceptors (Lipinski definition) is 2. The van der Waals surface area contributed by atoms with Gasteiger partial charge in [0.15, 0.2) is 8.32 Å². The number of halogens is 6. The van der Waals surface area contributed by atoms with Crippen LogP contribution in [0.5, 0.6) is 0 Å². The van der Waals surface area contributed by atoms with Gasteiger partial charge in [-0.25, -0.2) is 0 Å². The maximum atomic E-state index is 12.7. The van der Waals surface area contributed by atoms with Gasteiger partial charge in [0.2, 0.25) is 0 Å². The SMILES string of the molecule is C[C@H](CO[Si](C)(C)C(C)(C)C)C(O)(C(F)(F)F)C(F)(F)F. The van der Waals surface area contributed by atoms with Gasteiger partial charge in [0.1, 0.15) is 0 Å². The Morgan fingerprint density at radius 1 is 0.952 bits per heavy atom. The predicted octanol–water partition coefficient (Wildman–Crippen LogP) is 4.50. The van der Waals surface area contributed by atoms with Gasteiger partial charge < -0.3 is 9.53 Å². The topological polar surface area (TPSA) is 29.5 Å². The van der Waals surface area contributed by atoms with Crippen molar-refractivity contribution in [1.82, 2.24) is 0 Å². The average molecular weight is 340 g/mol. The van der Waals surface area contributed by atoms with E-state index in [2.05, 4.69) is 0 Å². The molecule has 0 aromatic carbocycles. The van der Waals surface area contributed by atoms with E-state index in [0.29, 0.717) is 6.92 Å². The van der Waals surface area contributed by atoms with Gasteiger partial charge in [0.05, 0.1) is 0 Å². The fraction of sp³-hybridized carbons (Fsp3) is 1.00. The van der Waals surface area contributed by atoms with Crippen LogP contribution in [0.3, 0.4) is 0 Å². The Kier molecular flexibility index (Phi) is 5.65. The summed E-state index contributed by atoms with van der Waals surface area (Å²) >= 11 is 0. The summed E-state index contributed by atoms with van der Waals surface area (Å²) < 4.78 is 81.5. The molecule has 0 aromatic heterocycles. The third-order valence-corrected chi connectivity index (χ3v) is 8.58. The Bertz CT molecular complexity index is 342. The van der Waals surface area contributed by atoms with Crippen LogP contribution in [-0.4, -0.2) is 38.0 Å². The van der Waals surface area contributed by atoms with Crippen molar-refractivity contribution in [3.63, 3.8) is 0 Å². The van der Waals surface area contributed by atoms with E-state index in [4.69, 9.17) is 4.43 Å². The summed E-state index contributed by atoms with van der Waals surface area (Å²) in [5.41, 5.74) is -4.78. The van der Waals surface area contributed by atoms with E-state index in [1.165, 1.54) is 0 Å². The van der Waals surface area contributed by atoms with E-state index in [-0.39, 0.29) is 5.04 Å².